The molecule has 7 nitrogen and oxygen atoms in total. The molecular formula is C32H24ClN3O4S. The van der Waals surface area contributed by atoms with Crippen LogP contribution in [0.5, 0.6) is 0 Å². The molecule has 4 aromatic rings. The minimum absolute atomic E-state index is 0.0461. The highest BCUT2D eigenvalue weighted by atomic mass is 35.5. The molecule has 9 heteroatoms. The molecular weight excluding hydrogens is 558 g/mol. The summed E-state index contributed by atoms with van der Waals surface area (Å²) in [5.41, 5.74) is 2.47. The van der Waals surface area contributed by atoms with Gasteiger partial charge in [-0.25, -0.2) is 0 Å². The lowest BCUT2D eigenvalue weighted by atomic mass is 10.1. The Bertz CT molecular complexity index is 1640. The molecule has 0 saturated heterocycles. The lowest BCUT2D eigenvalue weighted by molar-refractivity contribution is -0.113. The molecule has 0 radical (unpaired) electrons. The fraction of sp³-hybridized carbons (Fsp3) is 0.0625. The minimum atomic E-state index is -0.512. The van der Waals surface area contributed by atoms with Crippen LogP contribution in [0.15, 0.2) is 114 Å². The molecule has 1 aliphatic heterocycles. The van der Waals surface area contributed by atoms with E-state index in [4.69, 9.17) is 11.6 Å². The quantitative estimate of drug-likeness (QED) is 0.141. The highest BCUT2D eigenvalue weighted by Crippen LogP contribution is 2.26. The molecule has 1 aliphatic rings. The van der Waals surface area contributed by atoms with E-state index in [1.54, 1.807) is 103 Å². The molecule has 0 bridgehead atoms. The topological polar surface area (TPSA) is 95.6 Å². The van der Waals surface area contributed by atoms with Crippen molar-refractivity contribution in [3.63, 3.8) is 0 Å². The third-order valence-corrected chi connectivity index (χ3v) is 7.45. The van der Waals surface area contributed by atoms with Crippen LogP contribution < -0.4 is 10.6 Å². The number of nitrogens with one attached hydrogen (secondary N) is 2. The van der Waals surface area contributed by atoms with Crippen LogP contribution in [0.25, 0.3) is 6.08 Å². The van der Waals surface area contributed by atoms with Crippen LogP contribution in [-0.4, -0.2) is 40.8 Å². The van der Waals surface area contributed by atoms with Gasteiger partial charge in [-0.15, -0.1) is 11.8 Å². The van der Waals surface area contributed by atoms with Crippen molar-refractivity contribution in [3.05, 3.63) is 136 Å². The maximum absolute atomic E-state index is 13.3. The maximum atomic E-state index is 13.3. The molecule has 0 atom stereocenters. The molecule has 0 aliphatic carbocycles. The predicted octanol–water partition coefficient (Wildman–Crippen LogP) is 6.14. The smallest absolute Gasteiger partial charge is 0.272 e. The zero-order valence-corrected chi connectivity index (χ0v) is 23.2. The molecule has 0 aromatic heterocycles. The Morgan fingerprint density at radius 3 is 2.20 bits per heavy atom. The monoisotopic (exact) mass is 581 g/mol. The van der Waals surface area contributed by atoms with Crippen molar-refractivity contribution < 1.29 is 19.2 Å². The number of rotatable bonds is 9. The lowest BCUT2D eigenvalue weighted by Gasteiger charge is -2.14. The first-order chi connectivity index (χ1) is 19.9. The fourth-order valence-electron chi connectivity index (χ4n) is 4.26. The molecule has 204 valence electrons. The Morgan fingerprint density at radius 1 is 0.805 bits per heavy atom. The van der Waals surface area contributed by atoms with Gasteiger partial charge in [0, 0.05) is 33.5 Å². The van der Waals surface area contributed by atoms with Gasteiger partial charge in [0.05, 0.1) is 11.1 Å². The Kier molecular flexibility index (Phi) is 8.62. The maximum Gasteiger partial charge on any atom is 0.272 e. The lowest BCUT2D eigenvalue weighted by Crippen LogP contribution is -2.31. The average molecular weight is 582 g/mol. The van der Waals surface area contributed by atoms with Gasteiger partial charge in [0.1, 0.15) is 5.70 Å². The number of hydrogen-bond donors (Lipinski definition) is 2. The first-order valence-electron chi connectivity index (χ1n) is 12.7. The average Bonchev–Trinajstić information content (AvgIpc) is 3.22. The fourth-order valence-corrected chi connectivity index (χ4v) is 5.36. The Morgan fingerprint density at radius 2 is 1.49 bits per heavy atom. The summed E-state index contributed by atoms with van der Waals surface area (Å²) in [4.78, 5) is 53.5. The van der Waals surface area contributed by atoms with Crippen molar-refractivity contribution in [3.8, 4) is 0 Å². The summed E-state index contributed by atoms with van der Waals surface area (Å²) in [6.45, 7) is 0.256. The number of thioether (sulfide) groups is 1. The second kappa shape index (κ2) is 12.7. The Balaban J connectivity index is 1.26. The van der Waals surface area contributed by atoms with E-state index in [0.29, 0.717) is 38.7 Å². The second-order valence-corrected chi connectivity index (χ2v) is 10.7. The number of anilines is 1. The number of carbonyl (C=O) groups excluding carboxylic acids is 4. The van der Waals surface area contributed by atoms with Gasteiger partial charge in [0.2, 0.25) is 0 Å². The second-order valence-electron chi connectivity index (χ2n) is 9.07. The number of benzene rings is 4. The van der Waals surface area contributed by atoms with E-state index in [2.05, 4.69) is 10.6 Å². The van der Waals surface area contributed by atoms with E-state index in [1.165, 1.54) is 16.7 Å². The van der Waals surface area contributed by atoms with Gasteiger partial charge in [-0.3, -0.25) is 24.1 Å². The van der Waals surface area contributed by atoms with E-state index in [9.17, 15) is 19.2 Å². The number of amides is 4. The summed E-state index contributed by atoms with van der Waals surface area (Å²) >= 11 is 7.58. The largest absolute Gasteiger partial charge is 0.321 e. The van der Waals surface area contributed by atoms with Crippen LogP contribution in [0.2, 0.25) is 5.02 Å². The summed E-state index contributed by atoms with van der Waals surface area (Å²) in [5.74, 6) is -1.03. The predicted molar refractivity (Wildman–Crippen MR) is 161 cm³/mol. The Hall–Kier alpha value is -4.66. The number of hydrogen-bond acceptors (Lipinski definition) is 5. The van der Waals surface area contributed by atoms with Gasteiger partial charge >= 0.3 is 0 Å². The summed E-state index contributed by atoms with van der Waals surface area (Å²) in [6.07, 6.45) is 1.56. The van der Waals surface area contributed by atoms with E-state index in [0.717, 1.165) is 4.90 Å². The summed E-state index contributed by atoms with van der Waals surface area (Å²) in [7, 11) is 0. The van der Waals surface area contributed by atoms with Crippen molar-refractivity contribution in [1.82, 2.24) is 10.2 Å². The number of nitrogens with zero attached hydrogens (tertiary/aromatic N) is 1. The molecule has 0 spiro atoms. The SMILES string of the molecule is O=C(Nc1cccc(SCCN2C(=O)c3ccccc3C2=O)c1)/C(=C/c1cccc(Cl)c1)NC(=O)c1ccccc1. The molecule has 0 fully saturated rings. The summed E-state index contributed by atoms with van der Waals surface area (Å²) in [5, 5.41) is 6.05. The highest BCUT2D eigenvalue weighted by molar-refractivity contribution is 7.99. The standard InChI is InChI=1S/C32H24ClN3O4S/c33-23-11-6-8-21(18-23)19-28(35-29(37)22-9-2-1-3-10-22)30(38)34-24-12-7-13-25(20-24)41-17-16-36-31(39)26-14-4-5-15-27(26)32(36)40/h1-15,18-20H,16-17H2,(H,34,38)(H,35,37)/b28-19-. The van der Waals surface area contributed by atoms with Gasteiger partial charge in [-0.2, -0.15) is 0 Å². The molecule has 1 heterocycles. The normalized spacial score (nSPS) is 12.7. The van der Waals surface area contributed by atoms with E-state index < -0.39 is 11.8 Å². The zero-order chi connectivity index (χ0) is 28.8. The van der Waals surface area contributed by atoms with E-state index >= 15 is 0 Å². The van der Waals surface area contributed by atoms with Gasteiger partial charge in [0.25, 0.3) is 23.6 Å². The molecule has 5 rings (SSSR count). The molecule has 4 amide bonds. The van der Waals surface area contributed by atoms with Crippen LogP contribution in [0.1, 0.15) is 36.6 Å². The van der Waals surface area contributed by atoms with Gasteiger partial charge < -0.3 is 10.6 Å². The molecule has 41 heavy (non-hydrogen) atoms. The summed E-state index contributed by atoms with van der Waals surface area (Å²) < 4.78 is 0. The Labute approximate surface area is 246 Å². The highest BCUT2D eigenvalue weighted by Gasteiger charge is 2.34. The van der Waals surface area contributed by atoms with Gasteiger partial charge in [-0.1, -0.05) is 60.1 Å². The van der Waals surface area contributed by atoms with Gasteiger partial charge in [-0.05, 0) is 66.2 Å². The van der Waals surface area contributed by atoms with Crippen molar-refractivity contribution in [2.75, 3.05) is 17.6 Å². The van der Waals surface area contributed by atoms with Crippen LogP contribution in [0.3, 0.4) is 0 Å². The third-order valence-electron chi connectivity index (χ3n) is 6.24. The van der Waals surface area contributed by atoms with Crippen molar-refractivity contribution in [2.45, 2.75) is 4.90 Å². The van der Waals surface area contributed by atoms with Crippen LogP contribution >= 0.6 is 23.4 Å². The van der Waals surface area contributed by atoms with Crippen LogP contribution in [-0.2, 0) is 4.79 Å². The van der Waals surface area contributed by atoms with Crippen molar-refractivity contribution in [2.24, 2.45) is 0 Å². The zero-order valence-electron chi connectivity index (χ0n) is 21.7. The van der Waals surface area contributed by atoms with Crippen LogP contribution in [0.4, 0.5) is 5.69 Å². The number of carbonyl (C=O) groups is 4. The minimum Gasteiger partial charge on any atom is -0.321 e. The van der Waals surface area contributed by atoms with Gasteiger partial charge in [0.15, 0.2) is 0 Å². The summed E-state index contributed by atoms with van der Waals surface area (Å²) in [6, 6.07) is 29.6. The first kappa shape index (κ1) is 27.9. The number of imide groups is 1. The molecule has 2 N–H and O–H groups in total. The van der Waals surface area contributed by atoms with E-state index in [1.807, 2.05) is 6.07 Å². The first-order valence-corrected chi connectivity index (χ1v) is 14.1. The molecule has 0 saturated carbocycles. The van der Waals surface area contributed by atoms with Crippen LogP contribution in [0, 0.1) is 0 Å². The number of halogens is 1. The molecule has 0 unspecified atom stereocenters. The van der Waals surface area contributed by atoms with E-state index in [-0.39, 0.29) is 24.1 Å². The van der Waals surface area contributed by atoms with Crippen molar-refractivity contribution >= 4 is 58.8 Å². The molecule has 4 aromatic carbocycles. The van der Waals surface area contributed by atoms with Crippen molar-refractivity contribution in [1.29, 1.82) is 0 Å². The third kappa shape index (κ3) is 6.74. The number of fused-ring (bicyclic) bond motifs is 1.